The molecule has 34 heavy (non-hydrogen) atoms. The molecule has 0 spiro atoms. The topological polar surface area (TPSA) is 182 Å². The van der Waals surface area contributed by atoms with Crippen LogP contribution < -0.4 is 21.5 Å². The van der Waals surface area contributed by atoms with Crippen LogP contribution in [0.15, 0.2) is 48.5 Å². The summed E-state index contributed by atoms with van der Waals surface area (Å²) in [6.07, 6.45) is -2.26. The lowest BCUT2D eigenvalue weighted by molar-refractivity contribution is -0.150. The van der Waals surface area contributed by atoms with Crippen molar-refractivity contribution in [1.29, 1.82) is 0 Å². The van der Waals surface area contributed by atoms with E-state index >= 15 is 0 Å². The molecule has 0 bridgehead atoms. The third-order valence-corrected chi connectivity index (χ3v) is 5.63. The first-order chi connectivity index (χ1) is 15.9. The fourth-order valence-electron chi connectivity index (χ4n) is 3.37. The Bertz CT molecular complexity index is 1060. The Balaban J connectivity index is 2.72. The van der Waals surface area contributed by atoms with E-state index in [1.807, 2.05) is 0 Å². The number of carboxylic acids is 2. The van der Waals surface area contributed by atoms with E-state index < -0.39 is 53.8 Å². The number of para-hydroxylation sites is 1. The summed E-state index contributed by atoms with van der Waals surface area (Å²) in [4.78, 5) is 49.0. The van der Waals surface area contributed by atoms with Gasteiger partial charge in [0.05, 0.1) is 0 Å². The van der Waals surface area contributed by atoms with Gasteiger partial charge in [-0.05, 0) is 49.2 Å². The molecule has 2 aromatic rings. The number of ketones is 1. The van der Waals surface area contributed by atoms with Gasteiger partial charge >= 0.3 is 18.0 Å². The second kappa shape index (κ2) is 11.2. The monoisotopic (exact) mass is 511 g/mol. The Hall–Kier alpha value is -3.34. The van der Waals surface area contributed by atoms with Crippen LogP contribution >= 0.6 is 23.2 Å². The van der Waals surface area contributed by atoms with E-state index in [4.69, 9.17) is 44.5 Å². The fraction of sp³-hybridized carbons (Fsp3) is 0.273. The number of Topliss-reactive ketones (excluding diaryl/α,β-unsaturated/α-hetero) is 1. The van der Waals surface area contributed by atoms with Crippen molar-refractivity contribution in [3.8, 4) is 5.75 Å². The largest absolute Gasteiger partial charge is 0.481 e. The van der Waals surface area contributed by atoms with Gasteiger partial charge in [0, 0.05) is 10.0 Å². The first-order valence-electron chi connectivity index (χ1n) is 9.86. The van der Waals surface area contributed by atoms with E-state index in [-0.39, 0.29) is 21.4 Å². The van der Waals surface area contributed by atoms with Gasteiger partial charge in [-0.25, -0.2) is 4.79 Å². The van der Waals surface area contributed by atoms with E-state index in [1.54, 1.807) is 30.3 Å². The number of urea groups is 1. The number of rotatable bonds is 11. The van der Waals surface area contributed by atoms with Gasteiger partial charge in [0.25, 0.3) is 0 Å². The maximum Gasteiger partial charge on any atom is 0.320 e. The highest BCUT2D eigenvalue weighted by molar-refractivity contribution is 6.34. The van der Waals surface area contributed by atoms with E-state index in [9.17, 15) is 24.3 Å². The molecule has 0 aliphatic carbocycles. The van der Waals surface area contributed by atoms with Crippen molar-refractivity contribution in [2.45, 2.75) is 31.0 Å². The number of benzene rings is 2. The van der Waals surface area contributed by atoms with Crippen molar-refractivity contribution in [2.75, 3.05) is 0 Å². The Kier molecular flexibility index (Phi) is 8.86. The Morgan fingerprint density at radius 1 is 1.03 bits per heavy atom. The molecule has 0 saturated carbocycles. The van der Waals surface area contributed by atoms with Gasteiger partial charge in [-0.3, -0.25) is 14.4 Å². The quantitative estimate of drug-likeness (QED) is 0.225. The van der Waals surface area contributed by atoms with Gasteiger partial charge in [0.15, 0.2) is 12.0 Å². The number of hydrogen-bond acceptors (Lipinski definition) is 6. The lowest BCUT2D eigenvalue weighted by atomic mass is 9.71. The van der Waals surface area contributed by atoms with Crippen molar-refractivity contribution in [3.05, 3.63) is 64.1 Å². The van der Waals surface area contributed by atoms with Crippen molar-refractivity contribution in [1.82, 2.24) is 5.32 Å². The molecule has 4 atom stereocenters. The van der Waals surface area contributed by atoms with Crippen LogP contribution in [0.4, 0.5) is 4.79 Å². The third-order valence-electron chi connectivity index (χ3n) is 5.19. The van der Waals surface area contributed by atoms with Crippen LogP contribution in [0.25, 0.3) is 0 Å². The summed E-state index contributed by atoms with van der Waals surface area (Å²) in [6.45, 7) is 1.31. The second-order valence-electron chi connectivity index (χ2n) is 7.62. The predicted octanol–water partition coefficient (Wildman–Crippen LogP) is 2.40. The van der Waals surface area contributed by atoms with Gasteiger partial charge in [-0.1, -0.05) is 41.4 Å². The minimum atomic E-state index is -1.96. The molecule has 2 aromatic carbocycles. The van der Waals surface area contributed by atoms with Crippen LogP contribution in [0.1, 0.15) is 18.9 Å². The number of ether oxygens (including phenoxy) is 1. The molecule has 2 amide bonds. The first-order valence-corrected chi connectivity index (χ1v) is 10.6. The number of primary amides is 1. The van der Waals surface area contributed by atoms with Gasteiger partial charge in [-0.2, -0.15) is 0 Å². The molecule has 10 nitrogen and oxygen atoms in total. The minimum absolute atomic E-state index is 0.0971. The number of carboxylic acid groups (broad SMARTS) is 2. The zero-order valence-corrected chi connectivity index (χ0v) is 19.4. The Labute approximate surface area is 204 Å². The molecular weight excluding hydrogens is 489 g/mol. The van der Waals surface area contributed by atoms with Crippen LogP contribution in [-0.2, 0) is 19.8 Å². The Morgan fingerprint density at radius 2 is 1.59 bits per heavy atom. The molecule has 7 N–H and O–H groups in total. The minimum Gasteiger partial charge on any atom is -0.481 e. The van der Waals surface area contributed by atoms with Crippen LogP contribution in [0.3, 0.4) is 0 Å². The number of carbonyl (C=O) groups is 4. The van der Waals surface area contributed by atoms with E-state index in [2.05, 4.69) is 5.32 Å². The van der Waals surface area contributed by atoms with Gasteiger partial charge in [0.2, 0.25) is 0 Å². The molecular formula is C22H23Cl2N3O7. The highest BCUT2D eigenvalue weighted by atomic mass is 35.5. The van der Waals surface area contributed by atoms with E-state index in [0.29, 0.717) is 0 Å². The highest BCUT2D eigenvalue weighted by Crippen LogP contribution is 2.37. The number of nitrogens with two attached hydrogens (primary N) is 2. The van der Waals surface area contributed by atoms with Crippen LogP contribution in [-0.4, -0.2) is 46.2 Å². The number of nitrogens with one attached hydrogen (secondary N) is 1. The summed E-state index contributed by atoms with van der Waals surface area (Å²) in [5.74, 6) is -5.77. The summed E-state index contributed by atoms with van der Waals surface area (Å²) in [7, 11) is 0. The van der Waals surface area contributed by atoms with Gasteiger partial charge in [0.1, 0.15) is 23.1 Å². The maximum atomic E-state index is 13.8. The molecule has 3 unspecified atom stereocenters. The van der Waals surface area contributed by atoms with Crippen molar-refractivity contribution >= 4 is 47.0 Å². The average molecular weight is 512 g/mol. The number of halogens is 2. The standard InChI is InChI=1S/C22H23Cl2N3O7/c1-22(11-7-12(23)9-13(24)8-11,17(28)15(18(29)30)10-16(25)19(31)32)20(27-21(26)33)34-14-5-3-2-4-6-14/h2-9,15-16,20H,10,25H2,1H3,(H,29,30)(H,31,32)(H3,26,27,33)/t15?,16-,20?,22?/m0/s1. The number of aliphatic carboxylic acids is 2. The molecule has 0 radical (unpaired) electrons. The molecule has 12 heteroatoms. The summed E-state index contributed by atoms with van der Waals surface area (Å²) in [5, 5.41) is 21.5. The van der Waals surface area contributed by atoms with E-state index in [0.717, 1.165) is 0 Å². The van der Waals surface area contributed by atoms with Gasteiger partial charge in [-0.15, -0.1) is 0 Å². The number of hydrogen-bond donors (Lipinski definition) is 5. The zero-order valence-electron chi connectivity index (χ0n) is 17.9. The lowest BCUT2D eigenvalue weighted by Gasteiger charge is -2.38. The fourth-order valence-corrected chi connectivity index (χ4v) is 3.90. The summed E-state index contributed by atoms with van der Waals surface area (Å²) in [6, 6.07) is 9.45. The van der Waals surface area contributed by atoms with Crippen molar-refractivity contribution in [3.63, 3.8) is 0 Å². The molecule has 0 aliphatic heterocycles. The molecule has 0 saturated heterocycles. The van der Waals surface area contributed by atoms with Crippen LogP contribution in [0.5, 0.6) is 5.75 Å². The van der Waals surface area contributed by atoms with Crippen LogP contribution in [0, 0.1) is 5.92 Å². The molecule has 2 rings (SSSR count). The smallest absolute Gasteiger partial charge is 0.320 e. The molecule has 0 fully saturated rings. The lowest BCUT2D eigenvalue weighted by Crippen LogP contribution is -2.60. The first kappa shape index (κ1) is 26.9. The summed E-state index contributed by atoms with van der Waals surface area (Å²) < 4.78 is 5.87. The normalized spacial score (nSPS) is 15.3. The van der Waals surface area contributed by atoms with E-state index in [1.165, 1.54) is 25.1 Å². The number of carbonyl (C=O) groups excluding carboxylic acids is 2. The molecule has 182 valence electrons. The maximum absolute atomic E-state index is 13.8. The molecule has 0 aliphatic rings. The summed E-state index contributed by atoms with van der Waals surface area (Å²) >= 11 is 12.3. The SMILES string of the molecule is CC(C(=O)C(C[C@H](N)C(=O)O)C(=O)O)(c1cc(Cl)cc(Cl)c1)C(NC(N)=O)Oc1ccccc1. The van der Waals surface area contributed by atoms with Crippen molar-refractivity contribution < 1.29 is 34.1 Å². The summed E-state index contributed by atoms with van der Waals surface area (Å²) in [5.41, 5.74) is 9.00. The predicted molar refractivity (Wildman–Crippen MR) is 124 cm³/mol. The third kappa shape index (κ3) is 6.37. The number of amides is 2. The van der Waals surface area contributed by atoms with Gasteiger partial charge < -0.3 is 31.7 Å². The molecule has 0 aromatic heterocycles. The Morgan fingerprint density at radius 3 is 2.06 bits per heavy atom. The van der Waals surface area contributed by atoms with Crippen LogP contribution in [0.2, 0.25) is 10.0 Å². The highest BCUT2D eigenvalue weighted by Gasteiger charge is 2.50. The average Bonchev–Trinajstić information content (AvgIpc) is 2.75. The van der Waals surface area contributed by atoms with Crippen molar-refractivity contribution in [2.24, 2.45) is 17.4 Å². The molecule has 0 heterocycles. The second-order valence-corrected chi connectivity index (χ2v) is 8.49. The zero-order chi connectivity index (χ0) is 25.6.